The molecule has 0 aliphatic heterocycles. The van der Waals surface area contributed by atoms with Gasteiger partial charge in [-0.3, -0.25) is 0 Å². The molecule has 0 atom stereocenters. The van der Waals surface area contributed by atoms with Crippen LogP contribution in [0.4, 0.5) is 0 Å². The van der Waals surface area contributed by atoms with Gasteiger partial charge in [0.1, 0.15) is 0 Å². The van der Waals surface area contributed by atoms with Gasteiger partial charge in [0.15, 0.2) is 0 Å². The third-order valence-corrected chi connectivity index (χ3v) is 1.62. The predicted molar refractivity (Wildman–Crippen MR) is 42.2 cm³/mol. The van der Waals surface area contributed by atoms with E-state index in [1.165, 1.54) is 11.1 Å². The van der Waals surface area contributed by atoms with E-state index in [0.717, 1.165) is 5.75 Å². The molecule has 9 heavy (non-hydrogen) atoms. The van der Waals surface area contributed by atoms with Gasteiger partial charge in [0.05, 0.1) is 0 Å². The number of rotatable bonds is 1. The van der Waals surface area contributed by atoms with Gasteiger partial charge < -0.3 is 12.6 Å². The number of hydrogen-bond donors (Lipinski definition) is 0. The minimum Gasteiger partial charge on any atom is -0.788 e. The second kappa shape index (κ2) is 2.92. The summed E-state index contributed by atoms with van der Waals surface area (Å²) in [5, 5.41) is 0. The van der Waals surface area contributed by atoms with Gasteiger partial charge in [0, 0.05) is 0 Å². The van der Waals surface area contributed by atoms with Gasteiger partial charge in [-0.1, -0.05) is 35.4 Å². The molecule has 0 nitrogen and oxygen atoms in total. The highest BCUT2D eigenvalue weighted by Gasteiger charge is 1.81. The molecule has 0 N–H and O–H groups in total. The summed E-state index contributed by atoms with van der Waals surface area (Å²) in [6.45, 7) is 2.08. The molecule has 1 aromatic rings. The Morgan fingerprint density at radius 1 is 1.22 bits per heavy atom. The Bertz CT molecular complexity index is 176. The molecular weight excluding hydrogens is 128 g/mol. The van der Waals surface area contributed by atoms with E-state index < -0.39 is 0 Å². The Kier molecular flexibility index (Phi) is 2.17. The maximum Gasteiger partial charge on any atom is -0.0398 e. The first-order valence-electron chi connectivity index (χ1n) is 2.96. The molecule has 0 bridgehead atoms. The van der Waals surface area contributed by atoms with Crippen LogP contribution in [0.2, 0.25) is 0 Å². The summed E-state index contributed by atoms with van der Waals surface area (Å²) in [6.07, 6.45) is 0. The first-order valence-corrected chi connectivity index (χ1v) is 3.54. The van der Waals surface area contributed by atoms with E-state index >= 15 is 0 Å². The van der Waals surface area contributed by atoms with Gasteiger partial charge in [0.2, 0.25) is 0 Å². The van der Waals surface area contributed by atoms with Crippen LogP contribution in [0.1, 0.15) is 11.1 Å². The average molecular weight is 137 g/mol. The van der Waals surface area contributed by atoms with Crippen LogP contribution in [0.15, 0.2) is 24.3 Å². The normalized spacial score (nSPS) is 9.56. The van der Waals surface area contributed by atoms with Crippen molar-refractivity contribution in [3.05, 3.63) is 35.4 Å². The Morgan fingerprint density at radius 3 is 2.22 bits per heavy atom. The van der Waals surface area contributed by atoms with Gasteiger partial charge in [-0.05, 0) is 6.92 Å². The van der Waals surface area contributed by atoms with E-state index in [2.05, 4.69) is 31.2 Å². The summed E-state index contributed by atoms with van der Waals surface area (Å²) in [6, 6.07) is 8.31. The Morgan fingerprint density at radius 2 is 1.78 bits per heavy atom. The quantitative estimate of drug-likeness (QED) is 0.534. The van der Waals surface area contributed by atoms with Crippen molar-refractivity contribution in [3.63, 3.8) is 0 Å². The lowest BCUT2D eigenvalue weighted by Crippen LogP contribution is -1.78. The van der Waals surface area contributed by atoms with Crippen LogP contribution >= 0.6 is 0 Å². The van der Waals surface area contributed by atoms with Crippen LogP contribution in [-0.2, 0) is 18.4 Å². The van der Waals surface area contributed by atoms with Crippen LogP contribution in [-0.4, -0.2) is 0 Å². The summed E-state index contributed by atoms with van der Waals surface area (Å²) >= 11 is 4.86. The van der Waals surface area contributed by atoms with Crippen LogP contribution < -0.4 is 0 Å². The van der Waals surface area contributed by atoms with Gasteiger partial charge >= 0.3 is 0 Å². The largest absolute Gasteiger partial charge is 0.788 e. The van der Waals surface area contributed by atoms with E-state index in [0.29, 0.717) is 0 Å². The highest BCUT2D eigenvalue weighted by Crippen LogP contribution is 2.01. The highest BCUT2D eigenvalue weighted by atomic mass is 32.1. The van der Waals surface area contributed by atoms with Crippen molar-refractivity contribution in [3.8, 4) is 0 Å². The second-order valence-corrected chi connectivity index (χ2v) is 2.42. The molecule has 0 unspecified atom stereocenters. The summed E-state index contributed by atoms with van der Waals surface area (Å²) in [5.74, 6) is 0.722. The van der Waals surface area contributed by atoms with Crippen LogP contribution in [0.3, 0.4) is 0 Å². The zero-order valence-electron chi connectivity index (χ0n) is 5.42. The molecule has 0 radical (unpaired) electrons. The van der Waals surface area contributed by atoms with Gasteiger partial charge in [0.25, 0.3) is 0 Å². The first kappa shape index (κ1) is 6.69. The van der Waals surface area contributed by atoms with E-state index in [-0.39, 0.29) is 0 Å². The van der Waals surface area contributed by atoms with Crippen molar-refractivity contribution in [2.24, 2.45) is 0 Å². The maximum absolute atomic E-state index is 4.86. The first-order chi connectivity index (χ1) is 4.33. The SMILES string of the molecule is Cc1ccc(C[S-])cc1. The van der Waals surface area contributed by atoms with Crippen molar-refractivity contribution in [1.82, 2.24) is 0 Å². The molecule has 0 aliphatic carbocycles. The Hall–Kier alpha value is -0.430. The molecule has 0 saturated heterocycles. The fourth-order valence-corrected chi connectivity index (χ4v) is 0.877. The molecule has 1 aromatic carbocycles. The molecule has 0 spiro atoms. The summed E-state index contributed by atoms with van der Waals surface area (Å²) < 4.78 is 0. The third kappa shape index (κ3) is 1.75. The zero-order chi connectivity index (χ0) is 6.69. The minimum absolute atomic E-state index is 0.722. The monoisotopic (exact) mass is 137 g/mol. The smallest absolute Gasteiger partial charge is 0.0398 e. The third-order valence-electron chi connectivity index (χ3n) is 1.29. The van der Waals surface area contributed by atoms with E-state index in [1.54, 1.807) is 0 Å². The summed E-state index contributed by atoms with van der Waals surface area (Å²) in [5.41, 5.74) is 2.53. The van der Waals surface area contributed by atoms with E-state index in [9.17, 15) is 0 Å². The number of hydrogen-bond acceptors (Lipinski definition) is 1. The van der Waals surface area contributed by atoms with Crippen molar-refractivity contribution in [2.45, 2.75) is 12.7 Å². The van der Waals surface area contributed by atoms with Crippen LogP contribution in [0, 0.1) is 6.92 Å². The van der Waals surface area contributed by atoms with Crippen molar-refractivity contribution in [1.29, 1.82) is 0 Å². The Labute approximate surface area is 61.3 Å². The Balaban J connectivity index is 2.88. The predicted octanol–water partition coefficient (Wildman–Crippen LogP) is 2.04. The summed E-state index contributed by atoms with van der Waals surface area (Å²) in [7, 11) is 0. The fourth-order valence-electron chi connectivity index (χ4n) is 0.684. The van der Waals surface area contributed by atoms with E-state index in [4.69, 9.17) is 12.6 Å². The number of benzene rings is 1. The van der Waals surface area contributed by atoms with Gasteiger partial charge in [-0.15, -0.1) is 0 Å². The lowest BCUT2D eigenvalue weighted by atomic mass is 10.2. The lowest BCUT2D eigenvalue weighted by Gasteiger charge is -2.02. The van der Waals surface area contributed by atoms with Gasteiger partial charge in [-0.25, -0.2) is 0 Å². The fraction of sp³-hybridized carbons (Fsp3) is 0.250. The zero-order valence-corrected chi connectivity index (χ0v) is 6.24. The van der Waals surface area contributed by atoms with Crippen molar-refractivity contribution < 1.29 is 0 Å². The van der Waals surface area contributed by atoms with Crippen LogP contribution in [0.25, 0.3) is 0 Å². The minimum atomic E-state index is 0.722. The van der Waals surface area contributed by atoms with Crippen molar-refractivity contribution >= 4 is 12.6 Å². The summed E-state index contributed by atoms with van der Waals surface area (Å²) in [4.78, 5) is 0. The molecule has 0 aliphatic rings. The molecule has 1 heteroatoms. The van der Waals surface area contributed by atoms with Crippen LogP contribution in [0.5, 0.6) is 0 Å². The maximum atomic E-state index is 4.86. The highest BCUT2D eigenvalue weighted by molar-refractivity contribution is 7.57. The number of aryl methyl sites for hydroxylation is 1. The molecule has 48 valence electrons. The molecule has 0 aromatic heterocycles. The van der Waals surface area contributed by atoms with Gasteiger partial charge in [-0.2, -0.15) is 5.75 Å². The molecule has 0 heterocycles. The van der Waals surface area contributed by atoms with E-state index in [1.807, 2.05) is 0 Å². The van der Waals surface area contributed by atoms with Crippen molar-refractivity contribution in [2.75, 3.05) is 0 Å². The second-order valence-electron chi connectivity index (χ2n) is 2.13. The molecule has 0 amide bonds. The topological polar surface area (TPSA) is 0 Å². The molecular formula is C8H9S-. The molecule has 0 fully saturated rings. The molecule has 1 rings (SSSR count). The molecule has 0 saturated carbocycles. The average Bonchev–Trinajstić information content (AvgIpc) is 1.90. The lowest BCUT2D eigenvalue weighted by molar-refractivity contribution is 1.37. The standard InChI is InChI=1S/C8H10S/c1-7-2-4-8(6-9)5-3-7/h2-5,9H,6H2,1H3/p-1.